The highest BCUT2D eigenvalue weighted by Gasteiger charge is 2.09. The van der Waals surface area contributed by atoms with Gasteiger partial charge in [-0.15, -0.1) is 10.2 Å². The van der Waals surface area contributed by atoms with Gasteiger partial charge in [0.05, 0.1) is 0 Å². The molecule has 130 valence electrons. The fourth-order valence-corrected chi connectivity index (χ4v) is 3.48. The molecule has 3 aromatic carbocycles. The molecule has 0 spiro atoms. The lowest BCUT2D eigenvalue weighted by Crippen LogP contribution is -1.95. The molecule has 0 fully saturated rings. The van der Waals surface area contributed by atoms with Crippen LogP contribution >= 0.6 is 11.8 Å². The van der Waals surface area contributed by atoms with Gasteiger partial charge in [-0.05, 0) is 35.4 Å². The molecule has 0 amide bonds. The van der Waals surface area contributed by atoms with E-state index < -0.39 is 0 Å². The number of ether oxygens (including phenoxy) is 1. The summed E-state index contributed by atoms with van der Waals surface area (Å²) in [5, 5.41) is 11.2. The van der Waals surface area contributed by atoms with Crippen LogP contribution in [0.3, 0.4) is 0 Å². The molecule has 0 N–H and O–H groups in total. The molecule has 4 aromatic rings. The van der Waals surface area contributed by atoms with E-state index in [-0.39, 0.29) is 6.61 Å². The first kappa shape index (κ1) is 16.7. The summed E-state index contributed by atoms with van der Waals surface area (Å²) in [6.45, 7) is 2.31. The number of hydrogen-bond donors (Lipinski definition) is 0. The molecule has 1 aromatic heterocycles. The largest absolute Gasteiger partial charge is 0.484 e. The second-order valence-corrected chi connectivity index (χ2v) is 6.92. The number of fused-ring (bicyclic) bond motifs is 1. The minimum Gasteiger partial charge on any atom is -0.484 e. The van der Waals surface area contributed by atoms with E-state index in [1.165, 1.54) is 33.7 Å². The van der Waals surface area contributed by atoms with E-state index in [2.05, 4.69) is 52.7 Å². The molecule has 0 aliphatic carbocycles. The maximum Gasteiger partial charge on any atom is 0.277 e. The van der Waals surface area contributed by atoms with Crippen molar-refractivity contribution in [2.75, 3.05) is 0 Å². The van der Waals surface area contributed by atoms with Gasteiger partial charge in [-0.1, -0.05) is 71.9 Å². The Labute approximate surface area is 156 Å². The van der Waals surface area contributed by atoms with Crippen molar-refractivity contribution in [3.05, 3.63) is 83.7 Å². The maximum atomic E-state index is 5.68. The summed E-state index contributed by atoms with van der Waals surface area (Å²) < 4.78 is 11.4. The number of aryl methyl sites for hydroxylation is 1. The van der Waals surface area contributed by atoms with E-state index in [1.807, 2.05) is 31.2 Å². The van der Waals surface area contributed by atoms with Gasteiger partial charge in [-0.3, -0.25) is 0 Å². The molecule has 1 heterocycles. The third-order valence-electron chi connectivity index (χ3n) is 4.06. The van der Waals surface area contributed by atoms with E-state index in [0.29, 0.717) is 11.1 Å². The van der Waals surface area contributed by atoms with Crippen molar-refractivity contribution in [2.24, 2.45) is 0 Å². The van der Waals surface area contributed by atoms with Crippen LogP contribution in [0.1, 0.15) is 17.0 Å². The van der Waals surface area contributed by atoms with Gasteiger partial charge in [0.2, 0.25) is 0 Å². The zero-order chi connectivity index (χ0) is 17.8. The van der Waals surface area contributed by atoms with Gasteiger partial charge in [-0.2, -0.15) is 0 Å². The zero-order valence-corrected chi connectivity index (χ0v) is 15.2. The Hall–Kier alpha value is -2.79. The van der Waals surface area contributed by atoms with Crippen LogP contribution in [0.2, 0.25) is 0 Å². The van der Waals surface area contributed by atoms with E-state index >= 15 is 0 Å². The van der Waals surface area contributed by atoms with E-state index in [4.69, 9.17) is 9.15 Å². The Kier molecular flexibility index (Phi) is 4.88. The monoisotopic (exact) mass is 362 g/mol. The average molecular weight is 362 g/mol. The number of benzene rings is 3. The fraction of sp³-hybridized carbons (Fsp3) is 0.143. The third-order valence-corrected chi connectivity index (χ3v) is 4.93. The van der Waals surface area contributed by atoms with E-state index in [1.54, 1.807) is 0 Å². The Morgan fingerprint density at radius 3 is 2.62 bits per heavy atom. The molecule has 0 saturated heterocycles. The molecular weight excluding hydrogens is 344 g/mol. The van der Waals surface area contributed by atoms with Crippen molar-refractivity contribution in [1.29, 1.82) is 0 Å². The topological polar surface area (TPSA) is 48.2 Å². The van der Waals surface area contributed by atoms with E-state index in [9.17, 15) is 0 Å². The van der Waals surface area contributed by atoms with Crippen LogP contribution in [0.15, 0.2) is 76.4 Å². The lowest BCUT2D eigenvalue weighted by molar-refractivity contribution is 0.252. The fourth-order valence-electron chi connectivity index (χ4n) is 2.69. The molecule has 0 atom stereocenters. The van der Waals surface area contributed by atoms with Crippen molar-refractivity contribution in [2.45, 2.75) is 24.5 Å². The SMILES string of the molecule is Cc1ccc(OCc2nnc(SCc3cccc4ccccc34)o2)cc1. The molecule has 26 heavy (non-hydrogen) atoms. The van der Waals surface area contributed by atoms with Gasteiger partial charge < -0.3 is 9.15 Å². The molecule has 0 unspecified atom stereocenters. The quantitative estimate of drug-likeness (QED) is 0.430. The number of thioether (sulfide) groups is 1. The molecule has 0 saturated carbocycles. The molecule has 5 heteroatoms. The number of nitrogens with zero attached hydrogens (tertiary/aromatic N) is 2. The van der Waals surface area contributed by atoms with Crippen molar-refractivity contribution in [1.82, 2.24) is 10.2 Å². The summed E-state index contributed by atoms with van der Waals surface area (Å²) in [6, 6.07) is 22.6. The van der Waals surface area contributed by atoms with Crippen LogP contribution in [0, 0.1) is 6.92 Å². The number of rotatable bonds is 6. The molecule has 0 bridgehead atoms. The van der Waals surface area contributed by atoms with Gasteiger partial charge in [0.25, 0.3) is 11.1 Å². The Morgan fingerprint density at radius 1 is 0.923 bits per heavy atom. The smallest absolute Gasteiger partial charge is 0.277 e. The van der Waals surface area contributed by atoms with Crippen LogP contribution in [-0.2, 0) is 12.4 Å². The van der Waals surface area contributed by atoms with Gasteiger partial charge >= 0.3 is 0 Å². The molecule has 4 rings (SSSR count). The normalized spacial score (nSPS) is 11.0. The Morgan fingerprint density at radius 2 is 1.73 bits per heavy atom. The predicted octanol–water partition coefficient (Wildman–Crippen LogP) is 5.40. The maximum absolute atomic E-state index is 5.68. The standard InChI is InChI=1S/C21H18N2O2S/c1-15-9-11-18(12-10-15)24-13-20-22-23-21(25-20)26-14-17-7-4-6-16-5-2-3-8-19(16)17/h2-12H,13-14H2,1H3. The van der Waals surface area contributed by atoms with Gasteiger partial charge in [-0.25, -0.2) is 0 Å². The first-order valence-corrected chi connectivity index (χ1v) is 9.38. The van der Waals surface area contributed by atoms with Gasteiger partial charge in [0.15, 0.2) is 6.61 Å². The van der Waals surface area contributed by atoms with Crippen LogP contribution in [-0.4, -0.2) is 10.2 Å². The van der Waals surface area contributed by atoms with Crippen LogP contribution in [0.5, 0.6) is 5.75 Å². The third kappa shape index (κ3) is 3.89. The predicted molar refractivity (Wildman–Crippen MR) is 103 cm³/mol. The molecule has 0 aliphatic rings. The minimum atomic E-state index is 0.269. The lowest BCUT2D eigenvalue weighted by atomic mass is 10.1. The molecule has 0 radical (unpaired) electrons. The summed E-state index contributed by atoms with van der Waals surface area (Å²) >= 11 is 1.54. The average Bonchev–Trinajstić information content (AvgIpc) is 3.14. The molecule has 0 aliphatic heterocycles. The van der Waals surface area contributed by atoms with E-state index in [0.717, 1.165) is 11.5 Å². The van der Waals surface area contributed by atoms with Crippen molar-refractivity contribution >= 4 is 22.5 Å². The second-order valence-electron chi connectivity index (χ2n) is 5.99. The zero-order valence-electron chi connectivity index (χ0n) is 14.4. The first-order chi connectivity index (χ1) is 12.8. The summed E-state index contributed by atoms with van der Waals surface area (Å²) in [5.74, 6) is 2.05. The van der Waals surface area contributed by atoms with Gasteiger partial charge in [0, 0.05) is 5.75 Å². The highest BCUT2D eigenvalue weighted by molar-refractivity contribution is 7.98. The highest BCUT2D eigenvalue weighted by atomic mass is 32.2. The second kappa shape index (κ2) is 7.62. The van der Waals surface area contributed by atoms with Crippen molar-refractivity contribution < 1.29 is 9.15 Å². The summed E-state index contributed by atoms with van der Waals surface area (Å²) in [4.78, 5) is 0. The summed E-state index contributed by atoms with van der Waals surface area (Å²) in [5.41, 5.74) is 2.45. The minimum absolute atomic E-state index is 0.269. The van der Waals surface area contributed by atoms with Crippen molar-refractivity contribution in [3.63, 3.8) is 0 Å². The highest BCUT2D eigenvalue weighted by Crippen LogP contribution is 2.26. The van der Waals surface area contributed by atoms with Crippen molar-refractivity contribution in [3.8, 4) is 5.75 Å². The number of aromatic nitrogens is 2. The Bertz CT molecular complexity index is 1010. The van der Waals surface area contributed by atoms with Crippen LogP contribution in [0.4, 0.5) is 0 Å². The summed E-state index contributed by atoms with van der Waals surface area (Å²) in [6.07, 6.45) is 0. The van der Waals surface area contributed by atoms with Crippen LogP contribution in [0.25, 0.3) is 10.8 Å². The Balaban J connectivity index is 1.38. The lowest BCUT2D eigenvalue weighted by Gasteiger charge is -2.04. The number of hydrogen-bond acceptors (Lipinski definition) is 5. The molecule has 4 nitrogen and oxygen atoms in total. The van der Waals surface area contributed by atoms with Crippen LogP contribution < -0.4 is 4.74 Å². The van der Waals surface area contributed by atoms with Gasteiger partial charge in [0.1, 0.15) is 5.75 Å². The summed E-state index contributed by atoms with van der Waals surface area (Å²) in [7, 11) is 0. The molecular formula is C21H18N2O2S. The first-order valence-electron chi connectivity index (χ1n) is 8.39.